The van der Waals surface area contributed by atoms with Crippen LogP contribution in [0.2, 0.25) is 0 Å². The normalized spacial score (nSPS) is 23.4. The van der Waals surface area contributed by atoms with E-state index in [4.69, 9.17) is 10.5 Å². The zero-order valence-electron chi connectivity index (χ0n) is 12.2. The van der Waals surface area contributed by atoms with E-state index in [9.17, 15) is 0 Å². The summed E-state index contributed by atoms with van der Waals surface area (Å²) in [5.74, 6) is 0.840. The summed E-state index contributed by atoms with van der Waals surface area (Å²) in [6.07, 6.45) is 4.67. The van der Waals surface area contributed by atoms with Gasteiger partial charge in [0, 0.05) is 18.0 Å². The van der Waals surface area contributed by atoms with Crippen molar-refractivity contribution in [3.8, 4) is 5.75 Å². The quantitative estimate of drug-likeness (QED) is 0.911. The van der Waals surface area contributed by atoms with Crippen LogP contribution in [0.1, 0.15) is 30.5 Å². The van der Waals surface area contributed by atoms with E-state index in [0.717, 1.165) is 23.3 Å². The minimum absolute atomic E-state index is 0.0903. The van der Waals surface area contributed by atoms with E-state index in [0.29, 0.717) is 0 Å². The lowest BCUT2D eigenvalue weighted by Crippen LogP contribution is -2.48. The van der Waals surface area contributed by atoms with E-state index in [1.165, 1.54) is 5.56 Å². The molecule has 20 heavy (non-hydrogen) atoms. The molecule has 1 aromatic carbocycles. The average Bonchev–Trinajstić information content (AvgIpc) is 2.67. The number of nitrogens with two attached hydrogens (primary N) is 1. The van der Waals surface area contributed by atoms with Crippen LogP contribution < -0.4 is 10.5 Å². The molecule has 0 spiro atoms. The van der Waals surface area contributed by atoms with Crippen LogP contribution in [0.25, 0.3) is 0 Å². The van der Waals surface area contributed by atoms with Gasteiger partial charge < -0.3 is 10.5 Å². The summed E-state index contributed by atoms with van der Waals surface area (Å²) >= 11 is 0. The van der Waals surface area contributed by atoms with Crippen molar-refractivity contribution in [2.75, 3.05) is 7.11 Å². The van der Waals surface area contributed by atoms with Crippen molar-refractivity contribution in [1.29, 1.82) is 0 Å². The van der Waals surface area contributed by atoms with Gasteiger partial charge in [-0.15, -0.1) is 0 Å². The Morgan fingerprint density at radius 3 is 2.65 bits per heavy atom. The smallest absolute Gasteiger partial charge is 0.124 e. The molecule has 0 aliphatic heterocycles. The fourth-order valence-corrected chi connectivity index (χ4v) is 3.41. The standard InChI is InChI=1S/C17H20N2O/c1-16(2)10-12-11-19-9-8-13(12)17(16,18)14-6-4-5-7-15(14)20-3/h4-9,11H,10,18H2,1-3H3. The van der Waals surface area contributed by atoms with Gasteiger partial charge in [0.25, 0.3) is 0 Å². The van der Waals surface area contributed by atoms with Crippen molar-refractivity contribution in [1.82, 2.24) is 4.98 Å². The third-order valence-corrected chi connectivity index (χ3v) is 4.56. The summed E-state index contributed by atoms with van der Waals surface area (Å²) in [4.78, 5) is 4.24. The topological polar surface area (TPSA) is 48.1 Å². The number of hydrogen-bond acceptors (Lipinski definition) is 3. The number of para-hydroxylation sites is 1. The van der Waals surface area contributed by atoms with Gasteiger partial charge in [0.2, 0.25) is 0 Å². The van der Waals surface area contributed by atoms with E-state index < -0.39 is 5.54 Å². The first kappa shape index (κ1) is 13.1. The predicted octanol–water partition coefficient (Wildman–Crippen LogP) is 2.87. The van der Waals surface area contributed by atoms with Crippen LogP contribution in [-0.4, -0.2) is 12.1 Å². The maximum atomic E-state index is 6.94. The van der Waals surface area contributed by atoms with Crippen LogP contribution >= 0.6 is 0 Å². The fraction of sp³-hybridized carbons (Fsp3) is 0.353. The average molecular weight is 268 g/mol. The molecule has 1 heterocycles. The molecular formula is C17H20N2O. The highest BCUT2D eigenvalue weighted by Gasteiger charge is 2.51. The summed E-state index contributed by atoms with van der Waals surface area (Å²) in [6, 6.07) is 10.1. The van der Waals surface area contributed by atoms with Gasteiger partial charge in [-0.2, -0.15) is 0 Å². The number of pyridine rings is 1. The second-order valence-electron chi connectivity index (χ2n) is 6.10. The first-order chi connectivity index (χ1) is 9.50. The second-order valence-corrected chi connectivity index (χ2v) is 6.10. The number of hydrogen-bond donors (Lipinski definition) is 1. The molecule has 1 unspecified atom stereocenters. The Morgan fingerprint density at radius 2 is 1.90 bits per heavy atom. The van der Waals surface area contributed by atoms with Crippen LogP contribution in [0.4, 0.5) is 0 Å². The van der Waals surface area contributed by atoms with Gasteiger partial charge in [-0.05, 0) is 35.1 Å². The van der Waals surface area contributed by atoms with Crippen LogP contribution in [0.5, 0.6) is 5.75 Å². The summed E-state index contributed by atoms with van der Waals surface area (Å²) in [7, 11) is 1.69. The molecule has 1 aromatic heterocycles. The first-order valence-corrected chi connectivity index (χ1v) is 6.86. The molecule has 1 aliphatic carbocycles. The molecule has 1 aliphatic rings. The number of aromatic nitrogens is 1. The Morgan fingerprint density at radius 1 is 1.15 bits per heavy atom. The summed E-state index contributed by atoms with van der Waals surface area (Å²) in [5.41, 5.74) is 9.71. The van der Waals surface area contributed by atoms with Gasteiger partial charge in [-0.25, -0.2) is 0 Å². The molecule has 3 heteroatoms. The molecule has 2 N–H and O–H groups in total. The molecule has 1 atom stereocenters. The SMILES string of the molecule is COc1ccccc1C1(N)c2ccncc2CC1(C)C. The fourth-order valence-electron chi connectivity index (χ4n) is 3.41. The Bertz CT molecular complexity index is 651. The van der Waals surface area contributed by atoms with E-state index >= 15 is 0 Å². The number of rotatable bonds is 2. The van der Waals surface area contributed by atoms with Crippen molar-refractivity contribution >= 4 is 0 Å². The van der Waals surface area contributed by atoms with Crippen LogP contribution in [-0.2, 0) is 12.0 Å². The maximum Gasteiger partial charge on any atom is 0.124 e. The molecule has 2 aromatic rings. The zero-order valence-corrected chi connectivity index (χ0v) is 12.2. The molecule has 0 amide bonds. The van der Waals surface area contributed by atoms with Crippen molar-refractivity contribution in [2.45, 2.75) is 25.8 Å². The summed E-state index contributed by atoms with van der Waals surface area (Å²) < 4.78 is 5.54. The van der Waals surface area contributed by atoms with Crippen molar-refractivity contribution in [2.24, 2.45) is 11.1 Å². The van der Waals surface area contributed by atoms with Crippen molar-refractivity contribution < 1.29 is 4.74 Å². The number of fused-ring (bicyclic) bond motifs is 1. The summed E-state index contributed by atoms with van der Waals surface area (Å²) in [6.45, 7) is 4.42. The third-order valence-electron chi connectivity index (χ3n) is 4.56. The molecule has 0 saturated carbocycles. The second kappa shape index (κ2) is 4.32. The first-order valence-electron chi connectivity index (χ1n) is 6.86. The molecule has 104 valence electrons. The lowest BCUT2D eigenvalue weighted by molar-refractivity contribution is 0.227. The Balaban J connectivity index is 2.29. The van der Waals surface area contributed by atoms with Gasteiger partial charge in [0.1, 0.15) is 5.75 Å². The number of methoxy groups -OCH3 is 1. The zero-order chi connectivity index (χ0) is 14.4. The van der Waals surface area contributed by atoms with Gasteiger partial charge in [0.15, 0.2) is 0 Å². The maximum absolute atomic E-state index is 6.94. The van der Waals surface area contributed by atoms with Crippen molar-refractivity contribution in [3.63, 3.8) is 0 Å². The molecule has 0 radical (unpaired) electrons. The predicted molar refractivity (Wildman–Crippen MR) is 79.7 cm³/mol. The van der Waals surface area contributed by atoms with E-state index in [2.05, 4.69) is 24.9 Å². The van der Waals surface area contributed by atoms with Gasteiger partial charge in [0.05, 0.1) is 12.6 Å². The molecular weight excluding hydrogens is 248 g/mol. The lowest BCUT2D eigenvalue weighted by atomic mass is 9.69. The molecule has 3 rings (SSSR count). The van der Waals surface area contributed by atoms with E-state index in [1.54, 1.807) is 7.11 Å². The Hall–Kier alpha value is -1.87. The molecule has 0 saturated heterocycles. The highest BCUT2D eigenvalue weighted by Crippen LogP contribution is 2.53. The number of ether oxygens (including phenoxy) is 1. The lowest BCUT2D eigenvalue weighted by Gasteiger charge is -2.40. The van der Waals surface area contributed by atoms with Gasteiger partial charge in [-0.3, -0.25) is 4.98 Å². The van der Waals surface area contributed by atoms with Gasteiger partial charge in [-0.1, -0.05) is 32.0 Å². The molecule has 0 fully saturated rings. The van der Waals surface area contributed by atoms with Crippen LogP contribution in [0.15, 0.2) is 42.7 Å². The molecule has 3 nitrogen and oxygen atoms in total. The van der Waals surface area contributed by atoms with Gasteiger partial charge >= 0.3 is 0 Å². The number of nitrogens with zero attached hydrogens (tertiary/aromatic N) is 1. The van der Waals surface area contributed by atoms with Crippen molar-refractivity contribution in [3.05, 3.63) is 59.4 Å². The monoisotopic (exact) mass is 268 g/mol. The van der Waals surface area contributed by atoms with E-state index in [1.807, 2.05) is 36.7 Å². The minimum atomic E-state index is -0.558. The summed E-state index contributed by atoms with van der Waals surface area (Å²) in [5, 5.41) is 0. The van der Waals surface area contributed by atoms with Crippen LogP contribution in [0.3, 0.4) is 0 Å². The van der Waals surface area contributed by atoms with E-state index in [-0.39, 0.29) is 5.41 Å². The molecule has 0 bridgehead atoms. The largest absolute Gasteiger partial charge is 0.496 e. The Kier molecular flexibility index (Phi) is 2.83. The minimum Gasteiger partial charge on any atom is -0.496 e. The highest BCUT2D eigenvalue weighted by atomic mass is 16.5. The Labute approximate surface area is 119 Å². The van der Waals surface area contributed by atoms with Crippen LogP contribution in [0, 0.1) is 5.41 Å². The highest BCUT2D eigenvalue weighted by molar-refractivity contribution is 5.53. The number of benzene rings is 1. The third kappa shape index (κ3) is 1.59.